The third kappa shape index (κ3) is 6.38. The lowest BCUT2D eigenvalue weighted by Gasteiger charge is -2.45. The Morgan fingerprint density at radius 1 is 1.34 bits per heavy atom. The van der Waals surface area contributed by atoms with Gasteiger partial charge in [0.15, 0.2) is 0 Å². The average molecular weight is 405 g/mol. The van der Waals surface area contributed by atoms with E-state index in [1.165, 1.54) is 6.42 Å². The molecule has 2 aliphatic rings. The van der Waals surface area contributed by atoms with Gasteiger partial charge >= 0.3 is 5.97 Å². The molecule has 0 amide bonds. The number of ether oxygens (including phenoxy) is 1. The molecule has 4 atom stereocenters. The maximum absolute atomic E-state index is 12.5. The predicted octanol–water partition coefficient (Wildman–Crippen LogP) is 4.46. The lowest BCUT2D eigenvalue weighted by atomic mass is 9.62. The summed E-state index contributed by atoms with van der Waals surface area (Å²) in [7, 11) is 1.64. The van der Waals surface area contributed by atoms with Gasteiger partial charge in [0.1, 0.15) is 5.78 Å². The number of hydrogen-bond acceptors (Lipinski definition) is 4. The van der Waals surface area contributed by atoms with Gasteiger partial charge in [-0.3, -0.25) is 9.59 Å². The third-order valence-corrected chi connectivity index (χ3v) is 6.66. The Balaban J connectivity index is 1.91. The molecule has 5 nitrogen and oxygen atoms in total. The normalized spacial score (nSPS) is 27.4. The van der Waals surface area contributed by atoms with Crippen LogP contribution in [0.15, 0.2) is 37.0 Å². The predicted molar refractivity (Wildman–Crippen MR) is 114 cm³/mol. The Morgan fingerprint density at radius 3 is 2.69 bits per heavy atom. The maximum Gasteiger partial charge on any atom is 0.303 e. The van der Waals surface area contributed by atoms with Crippen molar-refractivity contribution in [2.45, 2.75) is 76.4 Å². The van der Waals surface area contributed by atoms with Gasteiger partial charge in [-0.15, -0.1) is 6.58 Å². The van der Waals surface area contributed by atoms with Gasteiger partial charge in [0.2, 0.25) is 0 Å². The molecule has 2 rings (SSSR count). The Labute approximate surface area is 174 Å². The average Bonchev–Trinajstić information content (AvgIpc) is 2.95. The van der Waals surface area contributed by atoms with Crippen LogP contribution in [0.2, 0.25) is 0 Å². The van der Waals surface area contributed by atoms with E-state index in [9.17, 15) is 14.7 Å². The van der Waals surface area contributed by atoms with E-state index in [2.05, 4.69) is 12.7 Å². The molecule has 29 heavy (non-hydrogen) atoms. The first-order valence-electron chi connectivity index (χ1n) is 10.8. The number of carboxylic acids is 1. The topological polar surface area (TPSA) is 83.8 Å². The fraction of sp³-hybridized carbons (Fsp3) is 0.667. The molecular weight excluding hydrogens is 368 g/mol. The fourth-order valence-corrected chi connectivity index (χ4v) is 4.68. The van der Waals surface area contributed by atoms with Crippen molar-refractivity contribution >= 4 is 11.8 Å². The van der Waals surface area contributed by atoms with E-state index in [1.807, 2.05) is 24.3 Å². The zero-order valence-corrected chi connectivity index (χ0v) is 17.6. The summed E-state index contributed by atoms with van der Waals surface area (Å²) in [5.41, 5.74) is -0.0175. The van der Waals surface area contributed by atoms with Crippen LogP contribution in [0.25, 0.3) is 0 Å². The summed E-state index contributed by atoms with van der Waals surface area (Å²) in [5, 5.41) is 19.4. The number of hydrogen-bond donors (Lipinski definition) is 2. The minimum Gasteiger partial charge on any atom is -0.481 e. The summed E-state index contributed by atoms with van der Waals surface area (Å²) in [6, 6.07) is 0. The summed E-state index contributed by atoms with van der Waals surface area (Å²) in [4.78, 5) is 23.0. The quantitative estimate of drug-likeness (QED) is 0.350. The molecular formula is C24H36O5. The number of unbranched alkanes of at least 4 members (excludes halogenated alkanes) is 1. The minimum absolute atomic E-state index is 0.0140. The molecule has 0 aromatic rings. The van der Waals surface area contributed by atoms with E-state index >= 15 is 0 Å². The van der Waals surface area contributed by atoms with Crippen LogP contribution < -0.4 is 0 Å². The van der Waals surface area contributed by atoms with Crippen LogP contribution in [0.4, 0.5) is 0 Å². The van der Waals surface area contributed by atoms with Crippen LogP contribution in [-0.2, 0) is 14.3 Å². The van der Waals surface area contributed by atoms with E-state index in [4.69, 9.17) is 9.84 Å². The first-order chi connectivity index (χ1) is 13.9. The molecule has 162 valence electrons. The zero-order valence-electron chi connectivity index (χ0n) is 17.6. The molecule has 5 heteroatoms. The summed E-state index contributed by atoms with van der Waals surface area (Å²) in [6.45, 7) is 3.83. The molecule has 2 aliphatic carbocycles. The molecule has 2 N–H and O–H groups in total. The van der Waals surface area contributed by atoms with Crippen molar-refractivity contribution in [3.63, 3.8) is 0 Å². The smallest absolute Gasteiger partial charge is 0.303 e. The highest BCUT2D eigenvalue weighted by molar-refractivity contribution is 5.84. The molecule has 0 bridgehead atoms. The molecule has 2 saturated carbocycles. The number of ketones is 1. The second kappa shape index (κ2) is 11.5. The molecule has 0 aliphatic heterocycles. The number of rotatable bonds is 13. The number of aliphatic carboxylic acids is 1. The Kier molecular flexibility index (Phi) is 9.31. The van der Waals surface area contributed by atoms with Gasteiger partial charge in [-0.25, -0.2) is 0 Å². The van der Waals surface area contributed by atoms with Crippen LogP contribution in [-0.4, -0.2) is 41.3 Å². The lowest BCUT2D eigenvalue weighted by molar-refractivity contribution is -0.137. The van der Waals surface area contributed by atoms with E-state index in [-0.39, 0.29) is 41.7 Å². The Bertz CT molecular complexity index is 617. The number of aliphatic hydroxyl groups excluding tert-OH is 1. The summed E-state index contributed by atoms with van der Waals surface area (Å²) < 4.78 is 5.55. The van der Waals surface area contributed by atoms with Crippen molar-refractivity contribution in [2.75, 3.05) is 7.11 Å². The largest absolute Gasteiger partial charge is 0.481 e. The fourth-order valence-electron chi connectivity index (χ4n) is 4.68. The van der Waals surface area contributed by atoms with Crippen LogP contribution >= 0.6 is 0 Å². The molecule has 0 radical (unpaired) electrons. The summed E-state index contributed by atoms with van der Waals surface area (Å²) in [5.74, 6) is -0.671. The number of allylic oxidation sites excluding steroid dienone is 3. The highest BCUT2D eigenvalue weighted by atomic mass is 16.5. The van der Waals surface area contributed by atoms with Gasteiger partial charge < -0.3 is 14.9 Å². The molecule has 0 heterocycles. The standard InChI is InChI=1S/C24H36O5/c1-3-14-24(15-9-16-24)22(26)12-8-11-19-18(20(25)17-21(19)29-2)10-6-4-5-7-13-23(27)28/h3-4,6,8,11,18-19,21-22,26H,1,5,7,9-10,12-17H2,2H3,(H,27,28)/b6-4-,11-8+/t18-,19-,21-,22?/m1/s1. The molecule has 1 unspecified atom stereocenters. The van der Waals surface area contributed by atoms with Crippen molar-refractivity contribution < 1.29 is 24.5 Å². The van der Waals surface area contributed by atoms with Gasteiger partial charge in [0.25, 0.3) is 0 Å². The number of carbonyl (C=O) groups excluding carboxylic acids is 1. The molecule has 0 aromatic heterocycles. The van der Waals surface area contributed by atoms with Crippen molar-refractivity contribution in [3.8, 4) is 0 Å². The number of aliphatic hydroxyl groups is 1. The van der Waals surface area contributed by atoms with E-state index in [1.54, 1.807) is 7.11 Å². The zero-order chi connectivity index (χ0) is 21.3. The van der Waals surface area contributed by atoms with Crippen molar-refractivity contribution in [1.82, 2.24) is 0 Å². The van der Waals surface area contributed by atoms with Crippen LogP contribution in [0.3, 0.4) is 0 Å². The molecule has 2 fully saturated rings. The number of methoxy groups -OCH3 is 1. The summed E-state index contributed by atoms with van der Waals surface area (Å²) >= 11 is 0. The monoisotopic (exact) mass is 404 g/mol. The van der Waals surface area contributed by atoms with Crippen molar-refractivity contribution in [2.24, 2.45) is 17.3 Å². The SMILES string of the molecule is C=CCC1(C(O)C/C=C/[C@H]2[C@H](OC)CC(=O)[C@@H]2C/C=C\CCCC(=O)O)CCC1. The van der Waals surface area contributed by atoms with Gasteiger partial charge in [-0.2, -0.15) is 0 Å². The second-order valence-electron chi connectivity index (χ2n) is 8.51. The van der Waals surface area contributed by atoms with E-state index in [0.717, 1.165) is 19.3 Å². The molecule has 0 saturated heterocycles. The highest BCUT2D eigenvalue weighted by Gasteiger charge is 2.42. The minimum atomic E-state index is -0.781. The highest BCUT2D eigenvalue weighted by Crippen LogP contribution is 2.48. The third-order valence-electron chi connectivity index (χ3n) is 6.66. The van der Waals surface area contributed by atoms with Gasteiger partial charge in [0.05, 0.1) is 12.2 Å². The van der Waals surface area contributed by atoms with Gasteiger partial charge in [-0.1, -0.05) is 36.8 Å². The molecule has 0 spiro atoms. The first-order valence-corrected chi connectivity index (χ1v) is 10.8. The van der Waals surface area contributed by atoms with Crippen molar-refractivity contribution in [1.29, 1.82) is 0 Å². The van der Waals surface area contributed by atoms with Crippen molar-refractivity contribution in [3.05, 3.63) is 37.0 Å². The Hall–Kier alpha value is -1.72. The van der Waals surface area contributed by atoms with Gasteiger partial charge in [0, 0.05) is 37.2 Å². The Morgan fingerprint density at radius 2 is 2.10 bits per heavy atom. The second-order valence-corrected chi connectivity index (χ2v) is 8.51. The van der Waals surface area contributed by atoms with E-state index in [0.29, 0.717) is 32.1 Å². The maximum atomic E-state index is 12.5. The number of carboxylic acid groups (broad SMARTS) is 1. The van der Waals surface area contributed by atoms with Crippen LogP contribution in [0, 0.1) is 17.3 Å². The molecule has 0 aromatic carbocycles. The summed E-state index contributed by atoms with van der Waals surface area (Å²) in [6.07, 6.45) is 16.7. The number of carbonyl (C=O) groups is 2. The lowest BCUT2D eigenvalue weighted by Crippen LogP contribution is -2.40. The van der Waals surface area contributed by atoms with E-state index < -0.39 is 5.97 Å². The van der Waals surface area contributed by atoms with Gasteiger partial charge in [-0.05, 0) is 44.9 Å². The first kappa shape index (κ1) is 23.6. The van der Waals surface area contributed by atoms with Crippen LogP contribution in [0.5, 0.6) is 0 Å². The van der Waals surface area contributed by atoms with Crippen LogP contribution in [0.1, 0.15) is 64.2 Å². The number of Topliss-reactive ketones (excluding diaryl/α,β-unsaturated/α-hetero) is 1.